The molecule has 2 aliphatic heterocycles. The van der Waals surface area contributed by atoms with Crippen LogP contribution in [-0.4, -0.2) is 60.2 Å². The van der Waals surface area contributed by atoms with Gasteiger partial charge in [-0.05, 0) is 48.6 Å². The van der Waals surface area contributed by atoms with Crippen molar-refractivity contribution < 1.29 is 9.53 Å². The molecule has 0 bridgehead atoms. The molecule has 1 unspecified atom stereocenters. The van der Waals surface area contributed by atoms with Crippen LogP contribution in [0.3, 0.4) is 0 Å². The Morgan fingerprint density at radius 2 is 2.13 bits per heavy atom. The number of fused-ring (bicyclic) bond motifs is 2. The fourth-order valence-corrected chi connectivity index (χ4v) is 4.53. The van der Waals surface area contributed by atoms with Crippen LogP contribution in [0, 0.1) is 11.3 Å². The molecule has 8 nitrogen and oxygen atoms in total. The molecular weight excluding hydrogens is 380 g/mol. The summed E-state index contributed by atoms with van der Waals surface area (Å²) >= 11 is 0. The number of nitriles is 1. The predicted molar refractivity (Wildman–Crippen MR) is 111 cm³/mol. The Hall–Kier alpha value is -3.02. The fourth-order valence-electron chi connectivity index (χ4n) is 4.53. The van der Waals surface area contributed by atoms with Crippen LogP contribution in [-0.2, 0) is 22.4 Å². The quantitative estimate of drug-likeness (QED) is 0.781. The van der Waals surface area contributed by atoms with Crippen molar-refractivity contribution in [3.05, 3.63) is 46.3 Å². The minimum atomic E-state index is -0.497. The largest absolute Gasteiger partial charge is 0.379 e. The van der Waals surface area contributed by atoms with Crippen molar-refractivity contribution in [1.82, 2.24) is 14.9 Å². The molecule has 1 aromatic heterocycles. The number of nitrogens with one attached hydrogen (secondary N) is 2. The Morgan fingerprint density at radius 1 is 1.27 bits per heavy atom. The molecule has 0 saturated carbocycles. The first-order chi connectivity index (χ1) is 14.7. The van der Waals surface area contributed by atoms with E-state index in [1.54, 1.807) is 18.2 Å². The predicted octanol–water partition coefficient (Wildman–Crippen LogP) is 1.67. The Kier molecular flexibility index (Phi) is 5.07. The average molecular weight is 404 g/mol. The minimum Gasteiger partial charge on any atom is -0.379 e. The Morgan fingerprint density at radius 3 is 2.97 bits per heavy atom. The van der Waals surface area contributed by atoms with E-state index in [9.17, 15) is 10.1 Å². The second kappa shape index (κ2) is 8.01. The highest BCUT2D eigenvalue weighted by molar-refractivity contribution is 6.05. The smallest absolute Gasteiger partial charge is 0.238 e. The number of aryl methyl sites for hydroxylation is 1. The van der Waals surface area contributed by atoms with Gasteiger partial charge in [0.15, 0.2) is 0 Å². The van der Waals surface area contributed by atoms with Gasteiger partial charge in [-0.3, -0.25) is 9.69 Å². The molecule has 8 heteroatoms. The van der Waals surface area contributed by atoms with E-state index in [-0.39, 0.29) is 5.91 Å². The maximum atomic E-state index is 12.9. The lowest BCUT2D eigenvalue weighted by Gasteiger charge is -2.26. The van der Waals surface area contributed by atoms with Crippen LogP contribution >= 0.6 is 0 Å². The number of anilines is 2. The number of rotatable bonds is 5. The van der Waals surface area contributed by atoms with E-state index in [1.165, 1.54) is 0 Å². The summed E-state index contributed by atoms with van der Waals surface area (Å²) in [5.41, 5.74) is 5.03. The molecule has 0 radical (unpaired) electrons. The van der Waals surface area contributed by atoms with Crippen molar-refractivity contribution in [1.29, 1.82) is 5.26 Å². The van der Waals surface area contributed by atoms with Crippen LogP contribution in [0.1, 0.15) is 40.4 Å². The van der Waals surface area contributed by atoms with E-state index in [2.05, 4.69) is 21.6 Å². The molecule has 5 rings (SSSR count). The first-order valence-corrected chi connectivity index (χ1v) is 10.5. The molecular formula is C22H24N6O2. The number of carbonyl (C=O) groups excluding carboxylic acids is 1. The van der Waals surface area contributed by atoms with Crippen molar-refractivity contribution in [3.63, 3.8) is 0 Å². The Bertz CT molecular complexity index is 1030. The third-order valence-corrected chi connectivity index (χ3v) is 6.07. The highest BCUT2D eigenvalue weighted by atomic mass is 16.5. The average Bonchev–Trinajstić information content (AvgIpc) is 3.37. The number of hydrogen-bond acceptors (Lipinski definition) is 7. The number of hydrogen-bond donors (Lipinski definition) is 2. The van der Waals surface area contributed by atoms with Crippen molar-refractivity contribution in [2.45, 2.75) is 25.2 Å². The highest BCUT2D eigenvalue weighted by Gasteiger charge is 2.37. The van der Waals surface area contributed by atoms with Crippen molar-refractivity contribution in [3.8, 4) is 6.07 Å². The number of amides is 1. The number of carbonyl (C=O) groups is 1. The highest BCUT2D eigenvalue weighted by Crippen LogP contribution is 2.40. The Labute approximate surface area is 175 Å². The zero-order valence-corrected chi connectivity index (χ0v) is 16.8. The summed E-state index contributed by atoms with van der Waals surface area (Å²) in [6.45, 7) is 5.08. The van der Waals surface area contributed by atoms with Gasteiger partial charge in [-0.25, -0.2) is 9.97 Å². The summed E-state index contributed by atoms with van der Waals surface area (Å²) in [5.74, 6) is -0.00769. The third kappa shape index (κ3) is 3.51. The second-order valence-corrected chi connectivity index (χ2v) is 7.93. The lowest BCUT2D eigenvalue weighted by molar-refractivity contribution is -0.116. The maximum Gasteiger partial charge on any atom is 0.238 e. The monoisotopic (exact) mass is 404 g/mol. The molecule has 1 saturated heterocycles. The van der Waals surface area contributed by atoms with E-state index in [1.807, 2.05) is 0 Å². The number of morpholine rings is 1. The van der Waals surface area contributed by atoms with Gasteiger partial charge in [0.2, 0.25) is 11.9 Å². The van der Waals surface area contributed by atoms with Gasteiger partial charge in [-0.15, -0.1) is 0 Å². The molecule has 1 amide bonds. The molecule has 30 heavy (non-hydrogen) atoms. The SMILES string of the molecule is N#Cc1ccc2c(c1)C(c1nc(NCCN3CCOCC3)nc3c1CCC3)C(=O)N2. The lowest BCUT2D eigenvalue weighted by Crippen LogP contribution is -2.39. The van der Waals surface area contributed by atoms with Crippen LogP contribution in [0.15, 0.2) is 18.2 Å². The first kappa shape index (κ1) is 19.0. The molecule has 0 spiro atoms. The molecule has 2 aromatic rings. The lowest BCUT2D eigenvalue weighted by atomic mass is 9.92. The van der Waals surface area contributed by atoms with Gasteiger partial charge >= 0.3 is 0 Å². The fraction of sp³-hybridized carbons (Fsp3) is 0.455. The number of aromatic nitrogens is 2. The van der Waals surface area contributed by atoms with Crippen LogP contribution in [0.2, 0.25) is 0 Å². The van der Waals surface area contributed by atoms with Crippen molar-refractivity contribution >= 4 is 17.5 Å². The molecule has 3 heterocycles. The van der Waals surface area contributed by atoms with E-state index in [4.69, 9.17) is 14.7 Å². The van der Waals surface area contributed by atoms with Crippen LogP contribution in [0.4, 0.5) is 11.6 Å². The molecule has 1 aromatic carbocycles. The summed E-state index contributed by atoms with van der Waals surface area (Å²) in [6.07, 6.45) is 2.81. The summed E-state index contributed by atoms with van der Waals surface area (Å²) in [5, 5.41) is 15.6. The molecule has 1 aliphatic carbocycles. The van der Waals surface area contributed by atoms with Gasteiger partial charge in [0.1, 0.15) is 5.92 Å². The van der Waals surface area contributed by atoms with E-state index >= 15 is 0 Å². The summed E-state index contributed by atoms with van der Waals surface area (Å²) in [6, 6.07) is 7.49. The van der Waals surface area contributed by atoms with Crippen molar-refractivity contribution in [2.75, 3.05) is 50.0 Å². The topological polar surface area (TPSA) is 103 Å². The van der Waals surface area contributed by atoms with Gasteiger partial charge in [0.25, 0.3) is 0 Å². The van der Waals surface area contributed by atoms with Crippen LogP contribution < -0.4 is 10.6 Å². The van der Waals surface area contributed by atoms with Gasteiger partial charge < -0.3 is 15.4 Å². The van der Waals surface area contributed by atoms with Gasteiger partial charge in [0.05, 0.1) is 30.5 Å². The zero-order valence-electron chi connectivity index (χ0n) is 16.8. The number of nitrogens with zero attached hydrogens (tertiary/aromatic N) is 4. The second-order valence-electron chi connectivity index (χ2n) is 7.93. The van der Waals surface area contributed by atoms with Gasteiger partial charge in [0, 0.05) is 37.6 Å². The first-order valence-electron chi connectivity index (χ1n) is 10.5. The third-order valence-electron chi connectivity index (χ3n) is 6.07. The molecule has 154 valence electrons. The summed E-state index contributed by atoms with van der Waals surface area (Å²) in [4.78, 5) is 24.8. The standard InChI is InChI=1S/C22H24N6O2/c23-13-14-4-5-18-16(12-14)19(21(29)25-18)20-15-2-1-3-17(15)26-22(27-20)24-6-7-28-8-10-30-11-9-28/h4-5,12,19H,1-3,6-11H2,(H,25,29)(H,24,26,27). The molecule has 1 atom stereocenters. The molecule has 3 aliphatic rings. The summed E-state index contributed by atoms with van der Waals surface area (Å²) < 4.78 is 5.40. The normalized spacial score (nSPS) is 20.4. The van der Waals surface area contributed by atoms with Gasteiger partial charge in [-0.2, -0.15) is 5.26 Å². The van der Waals surface area contributed by atoms with E-state index in [0.717, 1.165) is 86.9 Å². The molecule has 1 fully saturated rings. The van der Waals surface area contributed by atoms with Crippen LogP contribution in [0.5, 0.6) is 0 Å². The molecule has 2 N–H and O–H groups in total. The zero-order chi connectivity index (χ0) is 20.5. The Balaban J connectivity index is 1.43. The minimum absolute atomic E-state index is 0.0906. The number of ether oxygens (including phenoxy) is 1. The number of benzene rings is 1. The van der Waals surface area contributed by atoms with E-state index < -0.39 is 5.92 Å². The van der Waals surface area contributed by atoms with E-state index in [0.29, 0.717) is 11.5 Å². The summed E-state index contributed by atoms with van der Waals surface area (Å²) in [7, 11) is 0. The maximum absolute atomic E-state index is 12.9. The van der Waals surface area contributed by atoms with Crippen LogP contribution in [0.25, 0.3) is 0 Å². The van der Waals surface area contributed by atoms with Gasteiger partial charge in [-0.1, -0.05) is 0 Å². The van der Waals surface area contributed by atoms with Crippen molar-refractivity contribution in [2.24, 2.45) is 0 Å².